The minimum atomic E-state index is -0.177. The average molecular weight is 392 g/mol. The van der Waals surface area contributed by atoms with E-state index in [1.807, 2.05) is 31.2 Å². The Morgan fingerprint density at radius 2 is 1.87 bits per heavy atom. The number of alkyl halides is 1. The minimum Gasteiger partial charge on any atom is -0.272 e. The Morgan fingerprint density at radius 1 is 1.22 bits per heavy atom. The van der Waals surface area contributed by atoms with E-state index < -0.39 is 0 Å². The molecule has 2 aromatic carbocycles. The van der Waals surface area contributed by atoms with Crippen molar-refractivity contribution in [2.45, 2.75) is 19.4 Å². The Balaban J connectivity index is 1.93. The van der Waals surface area contributed by atoms with Crippen LogP contribution in [0.25, 0.3) is 0 Å². The molecule has 0 bridgehead atoms. The molecule has 0 saturated heterocycles. The van der Waals surface area contributed by atoms with Gasteiger partial charge in [0.2, 0.25) is 0 Å². The van der Waals surface area contributed by atoms with E-state index in [2.05, 4.69) is 45.3 Å². The fraction of sp³-hybridized carbons (Fsp3) is 0.222. The molecule has 118 valence electrons. The van der Waals surface area contributed by atoms with E-state index in [9.17, 15) is 4.79 Å². The van der Waals surface area contributed by atoms with Gasteiger partial charge in [-0.2, -0.15) is 5.10 Å². The first-order valence-corrected chi connectivity index (χ1v) is 8.69. The lowest BCUT2D eigenvalue weighted by Crippen LogP contribution is -2.27. The zero-order chi connectivity index (χ0) is 16.4. The van der Waals surface area contributed by atoms with E-state index in [4.69, 9.17) is 11.6 Å². The Hall–Kier alpha value is -1.65. The second-order valence-corrected chi connectivity index (χ2v) is 6.74. The van der Waals surface area contributed by atoms with Crippen molar-refractivity contribution in [3.05, 3.63) is 69.7 Å². The highest BCUT2D eigenvalue weighted by Gasteiger charge is 2.32. The van der Waals surface area contributed by atoms with Crippen LogP contribution in [0.2, 0.25) is 0 Å². The number of hydrogen-bond donors (Lipinski definition) is 0. The van der Waals surface area contributed by atoms with Gasteiger partial charge in [0, 0.05) is 10.9 Å². The molecule has 0 spiro atoms. The molecule has 0 fully saturated rings. The normalized spacial score (nSPS) is 17.3. The third-order valence-electron chi connectivity index (χ3n) is 3.92. The highest BCUT2D eigenvalue weighted by atomic mass is 79.9. The lowest BCUT2D eigenvalue weighted by atomic mass is 9.98. The van der Waals surface area contributed by atoms with Gasteiger partial charge in [0.1, 0.15) is 5.88 Å². The van der Waals surface area contributed by atoms with Crippen LogP contribution in [-0.4, -0.2) is 22.5 Å². The monoisotopic (exact) mass is 390 g/mol. The maximum absolute atomic E-state index is 12.2. The molecule has 3 rings (SSSR count). The number of rotatable bonds is 3. The maximum Gasteiger partial charge on any atom is 0.258 e. The van der Waals surface area contributed by atoms with E-state index in [1.54, 1.807) is 0 Å². The second kappa shape index (κ2) is 6.85. The van der Waals surface area contributed by atoms with Crippen LogP contribution < -0.4 is 0 Å². The smallest absolute Gasteiger partial charge is 0.258 e. The van der Waals surface area contributed by atoms with Crippen molar-refractivity contribution >= 4 is 39.1 Å². The van der Waals surface area contributed by atoms with E-state index in [1.165, 1.54) is 10.6 Å². The standard InChI is InChI=1S/C18H16BrClN2O/c1-12-2-4-14(5-3-12)17-10-16(21-22(17)18(23)11-20)13-6-8-15(19)9-7-13/h2-9,17H,10-11H2,1H3/t17-/m1/s1. The van der Waals surface area contributed by atoms with Gasteiger partial charge in [-0.15, -0.1) is 11.6 Å². The molecular formula is C18H16BrClN2O. The summed E-state index contributed by atoms with van der Waals surface area (Å²) < 4.78 is 1.02. The van der Waals surface area contributed by atoms with Gasteiger partial charge in [-0.1, -0.05) is 57.9 Å². The molecule has 5 heteroatoms. The first kappa shape index (κ1) is 16.2. The average Bonchev–Trinajstić information content (AvgIpc) is 3.00. The number of carbonyl (C=O) groups excluding carboxylic acids is 1. The predicted octanol–water partition coefficient (Wildman–Crippen LogP) is 4.67. The molecule has 0 aliphatic carbocycles. The molecular weight excluding hydrogens is 376 g/mol. The van der Waals surface area contributed by atoms with Crippen LogP contribution in [0.1, 0.15) is 29.2 Å². The summed E-state index contributed by atoms with van der Waals surface area (Å²) in [4.78, 5) is 12.2. The molecule has 0 N–H and O–H groups in total. The summed E-state index contributed by atoms with van der Waals surface area (Å²) in [5, 5.41) is 6.06. The Bertz CT molecular complexity index is 741. The number of amides is 1. The van der Waals surface area contributed by atoms with Gasteiger partial charge in [0.05, 0.1) is 11.8 Å². The van der Waals surface area contributed by atoms with Crippen molar-refractivity contribution < 1.29 is 4.79 Å². The van der Waals surface area contributed by atoms with Gasteiger partial charge in [-0.05, 0) is 30.2 Å². The summed E-state index contributed by atoms with van der Waals surface area (Å²) in [6.45, 7) is 2.05. The number of nitrogens with zero attached hydrogens (tertiary/aromatic N) is 2. The zero-order valence-corrected chi connectivity index (χ0v) is 15.0. The number of benzene rings is 2. The van der Waals surface area contributed by atoms with Gasteiger partial charge in [0.15, 0.2) is 0 Å². The van der Waals surface area contributed by atoms with E-state index in [0.717, 1.165) is 21.3 Å². The molecule has 1 heterocycles. The molecule has 0 unspecified atom stereocenters. The SMILES string of the molecule is Cc1ccc([C@H]2CC(c3ccc(Br)cc3)=NN2C(=O)CCl)cc1. The number of hydrazone groups is 1. The second-order valence-electron chi connectivity index (χ2n) is 5.56. The van der Waals surface area contributed by atoms with E-state index in [-0.39, 0.29) is 17.8 Å². The molecule has 1 atom stereocenters. The molecule has 2 aromatic rings. The molecule has 0 aromatic heterocycles. The summed E-state index contributed by atoms with van der Waals surface area (Å²) in [5.41, 5.74) is 4.19. The number of aryl methyl sites for hydroxylation is 1. The van der Waals surface area contributed by atoms with Crippen LogP contribution in [0.3, 0.4) is 0 Å². The molecule has 0 radical (unpaired) electrons. The summed E-state index contributed by atoms with van der Waals surface area (Å²) in [6, 6.07) is 16.1. The largest absolute Gasteiger partial charge is 0.272 e. The summed E-state index contributed by atoms with van der Waals surface area (Å²) in [5.74, 6) is -0.246. The van der Waals surface area contributed by atoms with Crippen LogP contribution in [0.5, 0.6) is 0 Å². The van der Waals surface area contributed by atoms with Crippen molar-refractivity contribution in [2.24, 2.45) is 5.10 Å². The van der Waals surface area contributed by atoms with Crippen molar-refractivity contribution in [3.8, 4) is 0 Å². The van der Waals surface area contributed by atoms with Gasteiger partial charge >= 0.3 is 0 Å². The van der Waals surface area contributed by atoms with Crippen LogP contribution in [-0.2, 0) is 4.79 Å². The molecule has 3 nitrogen and oxygen atoms in total. The third-order valence-corrected chi connectivity index (χ3v) is 4.68. The van der Waals surface area contributed by atoms with Gasteiger partial charge in [-0.25, -0.2) is 5.01 Å². The lowest BCUT2D eigenvalue weighted by molar-refractivity contribution is -0.130. The predicted molar refractivity (Wildman–Crippen MR) is 96.8 cm³/mol. The number of carbonyl (C=O) groups is 1. The van der Waals surface area contributed by atoms with Crippen molar-refractivity contribution in [1.82, 2.24) is 5.01 Å². The topological polar surface area (TPSA) is 32.7 Å². The van der Waals surface area contributed by atoms with Gasteiger partial charge in [-0.3, -0.25) is 4.79 Å². The summed E-state index contributed by atoms with van der Waals surface area (Å²) >= 11 is 9.19. The first-order valence-electron chi connectivity index (χ1n) is 7.36. The number of halogens is 2. The quantitative estimate of drug-likeness (QED) is 0.700. The first-order chi connectivity index (χ1) is 11.1. The zero-order valence-electron chi connectivity index (χ0n) is 12.7. The van der Waals surface area contributed by atoms with Crippen LogP contribution in [0.4, 0.5) is 0 Å². The van der Waals surface area contributed by atoms with Crippen LogP contribution >= 0.6 is 27.5 Å². The van der Waals surface area contributed by atoms with Crippen molar-refractivity contribution in [2.75, 3.05) is 5.88 Å². The highest BCUT2D eigenvalue weighted by Crippen LogP contribution is 2.33. The van der Waals surface area contributed by atoms with Gasteiger partial charge < -0.3 is 0 Å². The third kappa shape index (κ3) is 3.48. The number of hydrogen-bond acceptors (Lipinski definition) is 2. The minimum absolute atomic E-state index is 0.0700. The van der Waals surface area contributed by atoms with Crippen LogP contribution in [0.15, 0.2) is 58.1 Å². The van der Waals surface area contributed by atoms with E-state index >= 15 is 0 Å². The highest BCUT2D eigenvalue weighted by molar-refractivity contribution is 9.10. The summed E-state index contributed by atoms with van der Waals surface area (Å²) in [6.07, 6.45) is 0.688. The molecule has 1 amide bonds. The summed E-state index contributed by atoms with van der Waals surface area (Å²) in [7, 11) is 0. The van der Waals surface area contributed by atoms with Crippen LogP contribution in [0, 0.1) is 6.92 Å². The fourth-order valence-corrected chi connectivity index (χ4v) is 3.05. The molecule has 23 heavy (non-hydrogen) atoms. The lowest BCUT2D eigenvalue weighted by Gasteiger charge is -2.21. The Labute approximate surface area is 149 Å². The molecule has 1 aliphatic rings. The fourth-order valence-electron chi connectivity index (χ4n) is 2.67. The van der Waals surface area contributed by atoms with Crippen molar-refractivity contribution in [1.29, 1.82) is 0 Å². The van der Waals surface area contributed by atoms with Crippen molar-refractivity contribution in [3.63, 3.8) is 0 Å². The van der Waals surface area contributed by atoms with Gasteiger partial charge in [0.25, 0.3) is 5.91 Å². The molecule has 1 aliphatic heterocycles. The Morgan fingerprint density at radius 3 is 2.48 bits per heavy atom. The molecule has 0 saturated carbocycles. The maximum atomic E-state index is 12.2. The Kier molecular flexibility index (Phi) is 4.83. The van der Waals surface area contributed by atoms with E-state index in [0.29, 0.717) is 6.42 Å².